The van der Waals surface area contributed by atoms with Crippen LogP contribution in [-0.2, 0) is 0 Å². The molecule has 0 aliphatic heterocycles. The largest absolute Gasteiger partial charge is 0.573 e. The Labute approximate surface area is 121 Å². The number of hydrogen-bond donors (Lipinski definition) is 0. The van der Waals surface area contributed by atoms with Crippen molar-refractivity contribution >= 4 is 17.4 Å². The molecule has 0 unspecified atom stereocenters. The number of benzene rings is 2. The van der Waals surface area contributed by atoms with Gasteiger partial charge in [0, 0.05) is 10.6 Å². The van der Waals surface area contributed by atoms with Crippen LogP contribution in [-0.4, -0.2) is 12.1 Å². The van der Waals surface area contributed by atoms with Gasteiger partial charge in [-0.15, -0.1) is 13.2 Å². The Hall–Kier alpha value is -2.08. The van der Waals surface area contributed by atoms with Crippen LogP contribution in [0.1, 0.15) is 15.9 Å². The van der Waals surface area contributed by atoms with E-state index in [9.17, 15) is 22.4 Å². The highest BCUT2D eigenvalue weighted by atomic mass is 35.5. The van der Waals surface area contributed by atoms with Crippen LogP contribution in [0.25, 0.3) is 0 Å². The lowest BCUT2D eigenvalue weighted by molar-refractivity contribution is -0.274. The fraction of sp³-hybridized carbons (Fsp3) is 0.0714. The van der Waals surface area contributed by atoms with E-state index in [1.807, 2.05) is 0 Å². The molecule has 0 aliphatic carbocycles. The molecule has 7 heteroatoms. The van der Waals surface area contributed by atoms with Gasteiger partial charge in [-0.2, -0.15) is 0 Å². The Bertz CT molecular complexity index is 683. The SMILES string of the molecule is O=C(c1cccc(OC(F)(F)F)c1)c1cc(Cl)ccc1F. The monoisotopic (exact) mass is 318 g/mol. The summed E-state index contributed by atoms with van der Waals surface area (Å²) < 4.78 is 53.7. The molecule has 0 atom stereocenters. The van der Waals surface area contributed by atoms with Crippen LogP contribution >= 0.6 is 11.6 Å². The Morgan fingerprint density at radius 3 is 2.48 bits per heavy atom. The first-order valence-electron chi connectivity index (χ1n) is 5.62. The van der Waals surface area contributed by atoms with E-state index in [1.165, 1.54) is 18.2 Å². The van der Waals surface area contributed by atoms with E-state index in [0.717, 1.165) is 24.3 Å². The number of halogens is 5. The van der Waals surface area contributed by atoms with Gasteiger partial charge in [0.25, 0.3) is 0 Å². The minimum atomic E-state index is -4.87. The van der Waals surface area contributed by atoms with E-state index in [0.29, 0.717) is 0 Å². The summed E-state index contributed by atoms with van der Waals surface area (Å²) >= 11 is 5.67. The topological polar surface area (TPSA) is 26.3 Å². The second kappa shape index (κ2) is 5.73. The van der Waals surface area contributed by atoms with Gasteiger partial charge in [0.1, 0.15) is 11.6 Å². The molecule has 0 saturated heterocycles. The Balaban J connectivity index is 2.35. The highest BCUT2D eigenvalue weighted by Crippen LogP contribution is 2.25. The second-order valence-electron chi connectivity index (χ2n) is 4.03. The van der Waals surface area contributed by atoms with Crippen LogP contribution in [0.2, 0.25) is 5.02 Å². The smallest absolute Gasteiger partial charge is 0.406 e. The second-order valence-corrected chi connectivity index (χ2v) is 4.47. The maximum Gasteiger partial charge on any atom is 0.573 e. The molecule has 0 aromatic heterocycles. The molecule has 2 aromatic carbocycles. The van der Waals surface area contributed by atoms with E-state index >= 15 is 0 Å². The van der Waals surface area contributed by atoms with Crippen LogP contribution in [0.15, 0.2) is 42.5 Å². The van der Waals surface area contributed by atoms with Crippen LogP contribution in [0, 0.1) is 5.82 Å². The van der Waals surface area contributed by atoms with Gasteiger partial charge in [-0.05, 0) is 30.3 Å². The fourth-order valence-electron chi connectivity index (χ4n) is 1.66. The maximum absolute atomic E-state index is 13.6. The van der Waals surface area contributed by atoms with Crippen molar-refractivity contribution in [2.75, 3.05) is 0 Å². The summed E-state index contributed by atoms with van der Waals surface area (Å²) in [4.78, 5) is 12.1. The lowest BCUT2D eigenvalue weighted by Gasteiger charge is -2.10. The summed E-state index contributed by atoms with van der Waals surface area (Å²) in [6, 6.07) is 7.76. The van der Waals surface area contributed by atoms with Gasteiger partial charge in [0.15, 0.2) is 5.78 Å². The first-order chi connectivity index (χ1) is 9.76. The van der Waals surface area contributed by atoms with Crippen LogP contribution < -0.4 is 4.74 Å². The molecule has 0 saturated carbocycles. The lowest BCUT2D eigenvalue weighted by atomic mass is 10.0. The number of alkyl halides is 3. The zero-order valence-electron chi connectivity index (χ0n) is 10.2. The van der Waals surface area contributed by atoms with Crippen LogP contribution in [0.3, 0.4) is 0 Å². The highest BCUT2D eigenvalue weighted by molar-refractivity contribution is 6.31. The molecule has 2 aromatic rings. The van der Waals surface area contributed by atoms with Crippen molar-refractivity contribution in [3.63, 3.8) is 0 Å². The van der Waals surface area contributed by atoms with Crippen molar-refractivity contribution in [1.29, 1.82) is 0 Å². The normalized spacial score (nSPS) is 11.3. The first-order valence-corrected chi connectivity index (χ1v) is 5.99. The van der Waals surface area contributed by atoms with Crippen molar-refractivity contribution in [3.8, 4) is 5.75 Å². The molecule has 2 nitrogen and oxygen atoms in total. The van der Waals surface area contributed by atoms with E-state index in [2.05, 4.69) is 4.74 Å². The van der Waals surface area contributed by atoms with Crippen molar-refractivity contribution in [3.05, 3.63) is 64.4 Å². The zero-order chi connectivity index (χ0) is 15.6. The van der Waals surface area contributed by atoms with Crippen LogP contribution in [0.4, 0.5) is 17.6 Å². The minimum Gasteiger partial charge on any atom is -0.406 e. The summed E-state index contributed by atoms with van der Waals surface area (Å²) in [6.07, 6.45) is -4.87. The molecule has 0 N–H and O–H groups in total. The third kappa shape index (κ3) is 3.95. The number of rotatable bonds is 3. The van der Waals surface area contributed by atoms with Gasteiger partial charge in [-0.3, -0.25) is 4.79 Å². The molecule has 0 aliphatic rings. The molecule has 0 bridgehead atoms. The Morgan fingerprint density at radius 1 is 1.10 bits per heavy atom. The molecule has 0 fully saturated rings. The Morgan fingerprint density at radius 2 is 1.81 bits per heavy atom. The zero-order valence-corrected chi connectivity index (χ0v) is 11.0. The number of carbonyl (C=O) groups is 1. The van der Waals surface area contributed by atoms with Gasteiger partial charge in [0.05, 0.1) is 5.56 Å². The van der Waals surface area contributed by atoms with E-state index in [1.54, 1.807) is 0 Å². The minimum absolute atomic E-state index is 0.141. The average Bonchev–Trinajstić information content (AvgIpc) is 2.39. The number of ketones is 1. The number of hydrogen-bond acceptors (Lipinski definition) is 2. The summed E-state index contributed by atoms with van der Waals surface area (Å²) in [5, 5.41) is 0.141. The van der Waals surface area contributed by atoms with Crippen LogP contribution in [0.5, 0.6) is 5.75 Å². The fourth-order valence-corrected chi connectivity index (χ4v) is 1.83. The van der Waals surface area contributed by atoms with Crippen molar-refractivity contribution in [1.82, 2.24) is 0 Å². The van der Waals surface area contributed by atoms with Gasteiger partial charge >= 0.3 is 6.36 Å². The molecular weight excluding hydrogens is 312 g/mol. The standard InChI is InChI=1S/C14H7ClF4O2/c15-9-4-5-12(16)11(7-9)13(20)8-2-1-3-10(6-8)21-14(17,18)19/h1-7H. The third-order valence-electron chi connectivity index (χ3n) is 2.50. The Kier molecular flexibility index (Phi) is 4.18. The average molecular weight is 319 g/mol. The molecule has 110 valence electrons. The molecular formula is C14H7ClF4O2. The third-order valence-corrected chi connectivity index (χ3v) is 2.74. The van der Waals surface area contributed by atoms with Crippen molar-refractivity contribution in [2.45, 2.75) is 6.36 Å². The molecule has 0 radical (unpaired) electrons. The molecule has 21 heavy (non-hydrogen) atoms. The van der Waals surface area contributed by atoms with Gasteiger partial charge < -0.3 is 4.74 Å². The highest BCUT2D eigenvalue weighted by Gasteiger charge is 2.31. The van der Waals surface area contributed by atoms with Gasteiger partial charge in [0.2, 0.25) is 0 Å². The van der Waals surface area contributed by atoms with Crippen molar-refractivity contribution in [2.24, 2.45) is 0 Å². The summed E-state index contributed by atoms with van der Waals surface area (Å²) in [6.45, 7) is 0. The lowest BCUT2D eigenvalue weighted by Crippen LogP contribution is -2.17. The van der Waals surface area contributed by atoms with Crippen molar-refractivity contribution < 1.29 is 27.1 Å². The van der Waals surface area contributed by atoms with E-state index < -0.39 is 23.7 Å². The van der Waals surface area contributed by atoms with Gasteiger partial charge in [-0.1, -0.05) is 23.7 Å². The predicted molar refractivity (Wildman–Crippen MR) is 68.0 cm³/mol. The number of carbonyl (C=O) groups excluding carboxylic acids is 1. The van der Waals surface area contributed by atoms with E-state index in [4.69, 9.17) is 11.6 Å². The summed E-state index contributed by atoms with van der Waals surface area (Å²) in [7, 11) is 0. The molecule has 0 amide bonds. The number of ether oxygens (including phenoxy) is 1. The van der Waals surface area contributed by atoms with Gasteiger partial charge in [-0.25, -0.2) is 4.39 Å². The maximum atomic E-state index is 13.6. The van der Waals surface area contributed by atoms with E-state index in [-0.39, 0.29) is 16.1 Å². The molecule has 0 spiro atoms. The first kappa shape index (κ1) is 15.3. The molecule has 0 heterocycles. The predicted octanol–water partition coefficient (Wildman–Crippen LogP) is 4.61. The summed E-state index contributed by atoms with van der Waals surface area (Å²) in [5.74, 6) is -2.16. The summed E-state index contributed by atoms with van der Waals surface area (Å²) in [5.41, 5.74) is -0.468. The quantitative estimate of drug-likeness (QED) is 0.610. The molecule has 2 rings (SSSR count).